The fourth-order valence-electron chi connectivity index (χ4n) is 2.39. The second-order valence-electron chi connectivity index (χ2n) is 5.67. The third kappa shape index (κ3) is 3.77. The molecule has 0 radical (unpaired) electrons. The molecule has 7 heteroatoms. The van der Waals surface area contributed by atoms with Crippen LogP contribution in [0.5, 0.6) is 5.75 Å². The van der Waals surface area contributed by atoms with Gasteiger partial charge in [-0.15, -0.1) is 0 Å². The molecule has 1 heterocycles. The average molecular weight is 339 g/mol. The Hall–Kier alpha value is -3.35. The van der Waals surface area contributed by atoms with Crippen LogP contribution in [0.4, 0.5) is 17.1 Å². The van der Waals surface area contributed by atoms with Gasteiger partial charge >= 0.3 is 0 Å². The van der Waals surface area contributed by atoms with Crippen LogP contribution in [0.3, 0.4) is 0 Å². The molecule has 2 aromatic rings. The molecule has 1 aliphatic rings. The summed E-state index contributed by atoms with van der Waals surface area (Å²) >= 11 is 0. The summed E-state index contributed by atoms with van der Waals surface area (Å²) in [5.74, 6) is -0.200. The molecule has 0 bridgehead atoms. The molecule has 3 N–H and O–H groups in total. The quantitative estimate of drug-likeness (QED) is 0.801. The zero-order valence-corrected chi connectivity index (χ0v) is 13.8. The summed E-state index contributed by atoms with van der Waals surface area (Å²) in [6, 6.07) is 11.6. The van der Waals surface area contributed by atoms with Crippen molar-refractivity contribution in [2.45, 2.75) is 20.0 Å². The van der Waals surface area contributed by atoms with Crippen molar-refractivity contribution in [1.29, 1.82) is 0 Å². The van der Waals surface area contributed by atoms with Gasteiger partial charge in [0.05, 0.1) is 5.69 Å². The van der Waals surface area contributed by atoms with Crippen molar-refractivity contribution in [3.8, 4) is 5.75 Å². The minimum Gasteiger partial charge on any atom is -0.479 e. The number of anilines is 3. The molecule has 0 aliphatic carbocycles. The summed E-state index contributed by atoms with van der Waals surface area (Å²) < 4.78 is 5.46. The van der Waals surface area contributed by atoms with Gasteiger partial charge in [0.15, 0.2) is 6.10 Å². The molecule has 0 fully saturated rings. The molecule has 25 heavy (non-hydrogen) atoms. The Labute approximate surface area is 144 Å². The number of fused-ring (bicyclic) bond motifs is 1. The van der Waals surface area contributed by atoms with Gasteiger partial charge in [-0.05, 0) is 49.4 Å². The Morgan fingerprint density at radius 1 is 1.04 bits per heavy atom. The first-order valence-corrected chi connectivity index (χ1v) is 7.73. The second kappa shape index (κ2) is 6.64. The number of carbonyl (C=O) groups excluding carboxylic acids is 3. The van der Waals surface area contributed by atoms with Crippen LogP contribution < -0.4 is 20.7 Å². The molecule has 3 amide bonds. The first-order chi connectivity index (χ1) is 11.9. The number of nitrogens with one attached hydrogen (secondary N) is 3. The van der Waals surface area contributed by atoms with E-state index in [0.717, 1.165) is 0 Å². The number of hydrogen-bond donors (Lipinski definition) is 3. The molecule has 3 rings (SSSR count). The maximum atomic E-state index is 12.4. The zero-order chi connectivity index (χ0) is 18.0. The highest BCUT2D eigenvalue weighted by molar-refractivity contribution is 6.06. The highest BCUT2D eigenvalue weighted by Crippen LogP contribution is 2.30. The van der Waals surface area contributed by atoms with E-state index in [1.54, 1.807) is 49.4 Å². The Kier molecular flexibility index (Phi) is 4.38. The van der Waals surface area contributed by atoms with E-state index >= 15 is 0 Å². The van der Waals surface area contributed by atoms with Crippen LogP contribution in [-0.4, -0.2) is 23.8 Å². The lowest BCUT2D eigenvalue weighted by Crippen LogP contribution is -2.34. The minimum absolute atomic E-state index is 0.163. The van der Waals surface area contributed by atoms with Gasteiger partial charge in [-0.1, -0.05) is 0 Å². The Morgan fingerprint density at radius 3 is 2.32 bits per heavy atom. The predicted octanol–water partition coefficient (Wildman–Crippen LogP) is 2.62. The van der Waals surface area contributed by atoms with E-state index in [4.69, 9.17) is 4.74 Å². The molecule has 1 atom stereocenters. The van der Waals surface area contributed by atoms with Gasteiger partial charge in [0, 0.05) is 23.9 Å². The van der Waals surface area contributed by atoms with E-state index < -0.39 is 6.10 Å². The summed E-state index contributed by atoms with van der Waals surface area (Å²) in [7, 11) is 0. The molecule has 1 unspecified atom stereocenters. The number of hydrogen-bond acceptors (Lipinski definition) is 4. The summed E-state index contributed by atoms with van der Waals surface area (Å²) in [6.45, 7) is 3.08. The van der Waals surface area contributed by atoms with E-state index in [9.17, 15) is 14.4 Å². The monoisotopic (exact) mass is 339 g/mol. The van der Waals surface area contributed by atoms with Crippen molar-refractivity contribution in [1.82, 2.24) is 0 Å². The summed E-state index contributed by atoms with van der Waals surface area (Å²) in [6.07, 6.45) is -0.561. The highest BCUT2D eigenvalue weighted by Gasteiger charge is 2.24. The molecule has 1 aliphatic heterocycles. The molecular weight excluding hydrogens is 322 g/mol. The lowest BCUT2D eigenvalue weighted by molar-refractivity contribution is -0.122. The SMILES string of the molecule is CC(=O)Nc1ccc(NC(=O)c2ccc3c(c2)NC(=O)C(C)O3)cc1. The normalized spacial score (nSPS) is 15.4. The second-order valence-corrected chi connectivity index (χ2v) is 5.67. The molecule has 0 saturated carbocycles. The van der Waals surface area contributed by atoms with E-state index in [2.05, 4.69) is 16.0 Å². The Morgan fingerprint density at radius 2 is 1.68 bits per heavy atom. The van der Waals surface area contributed by atoms with Crippen molar-refractivity contribution >= 4 is 34.8 Å². The maximum Gasteiger partial charge on any atom is 0.265 e. The molecule has 128 valence electrons. The van der Waals surface area contributed by atoms with Crippen LogP contribution in [0.2, 0.25) is 0 Å². The van der Waals surface area contributed by atoms with E-state index in [1.807, 2.05) is 0 Å². The molecule has 7 nitrogen and oxygen atoms in total. The largest absolute Gasteiger partial charge is 0.479 e. The first kappa shape index (κ1) is 16.5. The van der Waals surface area contributed by atoms with E-state index in [0.29, 0.717) is 28.4 Å². The molecule has 2 aromatic carbocycles. The number of rotatable bonds is 3. The average Bonchev–Trinajstić information content (AvgIpc) is 2.57. The number of carbonyl (C=O) groups is 3. The molecular formula is C18H17N3O4. The van der Waals surface area contributed by atoms with E-state index in [-0.39, 0.29) is 17.7 Å². The van der Waals surface area contributed by atoms with Gasteiger partial charge in [0.25, 0.3) is 11.8 Å². The fourth-order valence-corrected chi connectivity index (χ4v) is 2.39. The van der Waals surface area contributed by atoms with Crippen molar-refractivity contribution in [2.75, 3.05) is 16.0 Å². The standard InChI is InChI=1S/C18H17N3O4/c1-10-17(23)21-15-9-12(3-8-16(15)25-10)18(24)20-14-6-4-13(5-7-14)19-11(2)22/h3-10H,1-2H3,(H,19,22)(H,20,24)(H,21,23). The molecule has 0 spiro atoms. The topological polar surface area (TPSA) is 96.5 Å². The summed E-state index contributed by atoms with van der Waals surface area (Å²) in [5.41, 5.74) is 2.10. The smallest absolute Gasteiger partial charge is 0.265 e. The van der Waals surface area contributed by atoms with Crippen molar-refractivity contribution in [2.24, 2.45) is 0 Å². The number of ether oxygens (including phenoxy) is 1. The van der Waals surface area contributed by atoms with Crippen molar-refractivity contribution in [3.05, 3.63) is 48.0 Å². The van der Waals surface area contributed by atoms with Crippen LogP contribution in [0.25, 0.3) is 0 Å². The van der Waals surface area contributed by atoms with E-state index in [1.165, 1.54) is 6.92 Å². The Balaban J connectivity index is 1.72. The zero-order valence-electron chi connectivity index (χ0n) is 13.8. The maximum absolute atomic E-state index is 12.4. The molecule has 0 saturated heterocycles. The number of benzene rings is 2. The number of amides is 3. The van der Waals surface area contributed by atoms with Gasteiger partial charge in [-0.2, -0.15) is 0 Å². The van der Waals surface area contributed by atoms with Crippen LogP contribution in [-0.2, 0) is 9.59 Å². The van der Waals surface area contributed by atoms with Gasteiger partial charge in [-0.3, -0.25) is 14.4 Å². The fraction of sp³-hybridized carbons (Fsp3) is 0.167. The van der Waals surface area contributed by atoms with Crippen LogP contribution in [0, 0.1) is 0 Å². The van der Waals surface area contributed by atoms with Crippen LogP contribution >= 0.6 is 0 Å². The molecule has 0 aromatic heterocycles. The summed E-state index contributed by atoms with van der Waals surface area (Å²) in [5, 5.41) is 8.12. The Bertz CT molecular complexity index is 846. The third-order valence-corrected chi connectivity index (χ3v) is 3.64. The lowest BCUT2D eigenvalue weighted by Gasteiger charge is -2.23. The lowest BCUT2D eigenvalue weighted by atomic mass is 10.1. The predicted molar refractivity (Wildman–Crippen MR) is 93.9 cm³/mol. The first-order valence-electron chi connectivity index (χ1n) is 7.73. The van der Waals surface area contributed by atoms with Gasteiger partial charge in [-0.25, -0.2) is 0 Å². The van der Waals surface area contributed by atoms with Crippen molar-refractivity contribution < 1.29 is 19.1 Å². The summed E-state index contributed by atoms with van der Waals surface area (Å²) in [4.78, 5) is 35.0. The highest BCUT2D eigenvalue weighted by atomic mass is 16.5. The third-order valence-electron chi connectivity index (χ3n) is 3.64. The van der Waals surface area contributed by atoms with Gasteiger partial charge in [0.1, 0.15) is 5.75 Å². The van der Waals surface area contributed by atoms with Gasteiger partial charge in [0.2, 0.25) is 5.91 Å². The van der Waals surface area contributed by atoms with Crippen LogP contribution in [0.1, 0.15) is 24.2 Å². The van der Waals surface area contributed by atoms with Crippen LogP contribution in [0.15, 0.2) is 42.5 Å². The van der Waals surface area contributed by atoms with Crippen molar-refractivity contribution in [3.63, 3.8) is 0 Å². The van der Waals surface area contributed by atoms with Gasteiger partial charge < -0.3 is 20.7 Å². The minimum atomic E-state index is -0.561.